The standard InChI is InChI=1S/C20H23F2N5O2/c1-5-27-13(3)16(12(2)25-27)11-26(4)19(28)18-10-17(23-24-18)14-6-8-15(9-7-14)29-20(21)22/h6-10,20H,5,11H2,1-4H3,(H,23,24). The fourth-order valence-corrected chi connectivity index (χ4v) is 3.17. The molecule has 1 aromatic carbocycles. The zero-order valence-corrected chi connectivity index (χ0v) is 16.7. The highest BCUT2D eigenvalue weighted by atomic mass is 19.3. The SMILES string of the molecule is CCn1nc(C)c(CN(C)C(=O)c2cc(-c3ccc(OC(F)F)cc3)n[nH]2)c1C. The number of carbonyl (C=O) groups is 1. The van der Waals surface area contributed by atoms with Crippen LogP contribution in [0.4, 0.5) is 8.78 Å². The first-order valence-electron chi connectivity index (χ1n) is 9.19. The monoisotopic (exact) mass is 403 g/mol. The van der Waals surface area contributed by atoms with Gasteiger partial charge in [0.05, 0.1) is 11.4 Å². The summed E-state index contributed by atoms with van der Waals surface area (Å²) in [6.45, 7) is 4.29. The van der Waals surface area contributed by atoms with Crippen molar-refractivity contribution >= 4 is 5.91 Å². The molecule has 0 spiro atoms. The normalized spacial score (nSPS) is 11.1. The van der Waals surface area contributed by atoms with Gasteiger partial charge in [-0.15, -0.1) is 0 Å². The fourth-order valence-electron chi connectivity index (χ4n) is 3.17. The van der Waals surface area contributed by atoms with E-state index in [2.05, 4.69) is 20.0 Å². The fraction of sp³-hybridized carbons (Fsp3) is 0.350. The molecule has 0 saturated heterocycles. The van der Waals surface area contributed by atoms with E-state index in [9.17, 15) is 13.6 Å². The second-order valence-corrected chi connectivity index (χ2v) is 6.70. The van der Waals surface area contributed by atoms with Crippen molar-refractivity contribution < 1.29 is 18.3 Å². The molecule has 0 unspecified atom stereocenters. The molecule has 2 heterocycles. The summed E-state index contributed by atoms with van der Waals surface area (Å²) in [6, 6.07) is 7.72. The lowest BCUT2D eigenvalue weighted by Gasteiger charge is -2.16. The maximum Gasteiger partial charge on any atom is 0.387 e. The van der Waals surface area contributed by atoms with Gasteiger partial charge < -0.3 is 9.64 Å². The van der Waals surface area contributed by atoms with Gasteiger partial charge in [-0.2, -0.15) is 19.0 Å². The Morgan fingerprint density at radius 1 is 1.28 bits per heavy atom. The molecule has 0 saturated carbocycles. The lowest BCUT2D eigenvalue weighted by molar-refractivity contribution is -0.0498. The van der Waals surface area contributed by atoms with Crippen LogP contribution >= 0.6 is 0 Å². The Labute approximate surface area is 167 Å². The summed E-state index contributed by atoms with van der Waals surface area (Å²) in [6.07, 6.45) is 0. The molecule has 0 bridgehead atoms. The van der Waals surface area contributed by atoms with E-state index in [0.717, 1.165) is 23.5 Å². The Hall–Kier alpha value is -3.23. The van der Waals surface area contributed by atoms with Gasteiger partial charge in [-0.25, -0.2) is 0 Å². The third-order valence-electron chi connectivity index (χ3n) is 4.76. The zero-order valence-electron chi connectivity index (χ0n) is 16.7. The van der Waals surface area contributed by atoms with E-state index in [0.29, 0.717) is 23.5 Å². The van der Waals surface area contributed by atoms with Crippen molar-refractivity contribution in [3.63, 3.8) is 0 Å². The van der Waals surface area contributed by atoms with Crippen LogP contribution in [0.1, 0.15) is 34.4 Å². The van der Waals surface area contributed by atoms with Gasteiger partial charge in [0.15, 0.2) is 0 Å². The Kier molecular flexibility index (Phi) is 5.95. The molecule has 2 aromatic heterocycles. The summed E-state index contributed by atoms with van der Waals surface area (Å²) >= 11 is 0. The van der Waals surface area contributed by atoms with E-state index in [1.54, 1.807) is 30.1 Å². The number of hydrogen-bond acceptors (Lipinski definition) is 4. The summed E-state index contributed by atoms with van der Waals surface area (Å²) < 4.78 is 30.8. The van der Waals surface area contributed by atoms with Crippen LogP contribution in [-0.4, -0.2) is 44.4 Å². The average molecular weight is 403 g/mol. The van der Waals surface area contributed by atoms with Crippen LogP contribution in [0.15, 0.2) is 30.3 Å². The van der Waals surface area contributed by atoms with Crippen molar-refractivity contribution in [2.24, 2.45) is 0 Å². The van der Waals surface area contributed by atoms with Crippen molar-refractivity contribution in [1.29, 1.82) is 0 Å². The molecule has 1 amide bonds. The number of hydrogen-bond donors (Lipinski definition) is 1. The number of H-pyrrole nitrogens is 1. The number of halogens is 2. The van der Waals surface area contributed by atoms with Crippen molar-refractivity contribution in [3.05, 3.63) is 53.0 Å². The quantitative estimate of drug-likeness (QED) is 0.651. The van der Waals surface area contributed by atoms with Crippen molar-refractivity contribution in [2.45, 2.75) is 40.5 Å². The van der Waals surface area contributed by atoms with Gasteiger partial charge in [-0.3, -0.25) is 14.6 Å². The zero-order chi connectivity index (χ0) is 21.1. The van der Waals surface area contributed by atoms with E-state index >= 15 is 0 Å². The summed E-state index contributed by atoms with van der Waals surface area (Å²) in [5.74, 6) is -0.141. The Morgan fingerprint density at radius 3 is 2.55 bits per heavy atom. The van der Waals surface area contributed by atoms with Gasteiger partial charge >= 0.3 is 6.61 Å². The van der Waals surface area contributed by atoms with E-state index in [1.807, 2.05) is 25.5 Å². The van der Waals surface area contributed by atoms with Gasteiger partial charge in [0, 0.05) is 37.0 Å². The average Bonchev–Trinajstić information content (AvgIpc) is 3.28. The molecule has 29 heavy (non-hydrogen) atoms. The maximum atomic E-state index is 12.8. The molecule has 154 valence electrons. The summed E-state index contributed by atoms with van der Waals surface area (Å²) in [7, 11) is 1.72. The molecule has 3 aromatic rings. The predicted molar refractivity (Wildman–Crippen MR) is 104 cm³/mol. The van der Waals surface area contributed by atoms with Crippen LogP contribution in [-0.2, 0) is 13.1 Å². The van der Waals surface area contributed by atoms with Gasteiger partial charge in [0.25, 0.3) is 5.91 Å². The smallest absolute Gasteiger partial charge is 0.387 e. The van der Waals surface area contributed by atoms with Crippen LogP contribution in [0.3, 0.4) is 0 Å². The molecule has 0 atom stereocenters. The van der Waals surface area contributed by atoms with Crippen LogP contribution in [0.5, 0.6) is 5.75 Å². The Bertz CT molecular complexity index is 995. The van der Waals surface area contributed by atoms with Gasteiger partial charge in [-0.05, 0) is 51.1 Å². The summed E-state index contributed by atoms with van der Waals surface area (Å²) in [4.78, 5) is 14.4. The van der Waals surface area contributed by atoms with Gasteiger partial charge in [-0.1, -0.05) is 0 Å². The van der Waals surface area contributed by atoms with Crippen molar-refractivity contribution in [3.8, 4) is 17.0 Å². The van der Waals surface area contributed by atoms with E-state index in [4.69, 9.17) is 0 Å². The first-order chi connectivity index (χ1) is 13.8. The number of alkyl halides is 2. The number of ether oxygens (including phenoxy) is 1. The summed E-state index contributed by atoms with van der Waals surface area (Å²) in [5.41, 5.74) is 4.53. The molecular weight excluding hydrogens is 380 g/mol. The third-order valence-corrected chi connectivity index (χ3v) is 4.76. The topological polar surface area (TPSA) is 76.0 Å². The number of nitrogens with one attached hydrogen (secondary N) is 1. The van der Waals surface area contributed by atoms with Gasteiger partial charge in [0.2, 0.25) is 0 Å². The molecule has 0 aliphatic rings. The number of carbonyl (C=O) groups excluding carboxylic acids is 1. The minimum absolute atomic E-state index is 0.0636. The third kappa shape index (κ3) is 4.44. The largest absolute Gasteiger partial charge is 0.435 e. The van der Waals surface area contributed by atoms with Crippen LogP contribution < -0.4 is 4.74 Å². The van der Waals surface area contributed by atoms with Crippen LogP contribution in [0, 0.1) is 13.8 Å². The second-order valence-electron chi connectivity index (χ2n) is 6.70. The van der Waals surface area contributed by atoms with E-state index < -0.39 is 6.61 Å². The highest BCUT2D eigenvalue weighted by Gasteiger charge is 2.19. The molecule has 0 radical (unpaired) electrons. The lowest BCUT2D eigenvalue weighted by Crippen LogP contribution is -2.27. The number of benzene rings is 1. The minimum Gasteiger partial charge on any atom is -0.435 e. The molecule has 9 heteroatoms. The highest BCUT2D eigenvalue weighted by molar-refractivity contribution is 5.93. The summed E-state index contributed by atoms with van der Waals surface area (Å²) in [5, 5.41) is 11.4. The first-order valence-corrected chi connectivity index (χ1v) is 9.19. The molecule has 3 rings (SSSR count). The van der Waals surface area contributed by atoms with Crippen molar-refractivity contribution in [2.75, 3.05) is 7.05 Å². The molecule has 0 aliphatic carbocycles. The van der Waals surface area contributed by atoms with Crippen LogP contribution in [0.2, 0.25) is 0 Å². The van der Waals surface area contributed by atoms with E-state index in [1.165, 1.54) is 12.1 Å². The highest BCUT2D eigenvalue weighted by Crippen LogP contribution is 2.23. The van der Waals surface area contributed by atoms with Crippen molar-refractivity contribution in [1.82, 2.24) is 24.9 Å². The minimum atomic E-state index is -2.87. The molecule has 7 nitrogen and oxygen atoms in total. The number of aromatic amines is 1. The Balaban J connectivity index is 1.72. The molecule has 0 fully saturated rings. The number of aromatic nitrogens is 4. The number of amides is 1. The number of nitrogens with zero attached hydrogens (tertiary/aromatic N) is 4. The molecular formula is C20H23F2N5O2. The van der Waals surface area contributed by atoms with Gasteiger partial charge in [0.1, 0.15) is 11.4 Å². The Morgan fingerprint density at radius 2 is 1.97 bits per heavy atom. The van der Waals surface area contributed by atoms with E-state index in [-0.39, 0.29) is 11.7 Å². The maximum absolute atomic E-state index is 12.8. The number of aryl methyl sites for hydroxylation is 2. The van der Waals surface area contributed by atoms with Crippen LogP contribution in [0.25, 0.3) is 11.3 Å². The first kappa shape index (κ1) is 20.5. The number of rotatable bonds is 7. The lowest BCUT2D eigenvalue weighted by atomic mass is 10.1. The second kappa shape index (κ2) is 8.42. The molecule has 1 N–H and O–H groups in total. The predicted octanol–water partition coefficient (Wildman–Crippen LogP) is 3.78. The molecule has 0 aliphatic heterocycles.